The van der Waals surface area contributed by atoms with Crippen molar-refractivity contribution in [3.8, 4) is 0 Å². The lowest BCUT2D eigenvalue weighted by molar-refractivity contribution is -0.119. The fraction of sp³-hybridized carbons (Fsp3) is 0.200. The zero-order valence-electron chi connectivity index (χ0n) is 18.3. The zero-order valence-corrected chi connectivity index (χ0v) is 19.1. The minimum absolute atomic E-state index is 0.121. The first-order valence-corrected chi connectivity index (χ1v) is 11.6. The third kappa shape index (κ3) is 5.23. The van der Waals surface area contributed by atoms with E-state index in [2.05, 4.69) is 5.32 Å². The molecule has 0 aliphatic carbocycles. The second kappa shape index (κ2) is 9.78. The first kappa shape index (κ1) is 23.2. The van der Waals surface area contributed by atoms with Crippen LogP contribution >= 0.6 is 0 Å². The molecule has 0 aliphatic rings. The van der Waals surface area contributed by atoms with Crippen LogP contribution < -0.4 is 9.62 Å². The molecule has 0 radical (unpaired) electrons. The summed E-state index contributed by atoms with van der Waals surface area (Å²) >= 11 is 0. The van der Waals surface area contributed by atoms with Crippen LogP contribution in [0, 0.1) is 20.8 Å². The van der Waals surface area contributed by atoms with Crippen molar-refractivity contribution in [2.24, 2.45) is 0 Å². The molecule has 0 saturated carbocycles. The van der Waals surface area contributed by atoms with E-state index in [1.807, 2.05) is 26.8 Å². The van der Waals surface area contributed by atoms with Gasteiger partial charge in [-0.05, 0) is 61.7 Å². The molecule has 1 N–H and O–H groups in total. The Morgan fingerprint density at radius 1 is 0.969 bits per heavy atom. The summed E-state index contributed by atoms with van der Waals surface area (Å²) in [6, 6.07) is 18.8. The first-order chi connectivity index (χ1) is 15.2. The van der Waals surface area contributed by atoms with Crippen molar-refractivity contribution in [3.63, 3.8) is 0 Å². The summed E-state index contributed by atoms with van der Waals surface area (Å²) in [5, 5.41) is 2.76. The van der Waals surface area contributed by atoms with E-state index in [1.54, 1.807) is 60.7 Å². The van der Waals surface area contributed by atoms with Crippen LogP contribution in [0.15, 0.2) is 71.6 Å². The molecule has 0 spiro atoms. The highest BCUT2D eigenvalue weighted by Gasteiger charge is 2.28. The Kier molecular flexibility index (Phi) is 7.10. The van der Waals surface area contributed by atoms with Gasteiger partial charge in [0, 0.05) is 12.1 Å². The number of nitrogens with one attached hydrogen (secondary N) is 1. The molecule has 1 amide bonds. The van der Waals surface area contributed by atoms with Gasteiger partial charge in [-0.15, -0.1) is 0 Å². The number of carbonyl (C=O) groups is 2. The Bertz CT molecular complexity index is 1240. The molecule has 0 unspecified atom stereocenters. The van der Waals surface area contributed by atoms with Gasteiger partial charge in [0.1, 0.15) is 12.8 Å². The topological polar surface area (TPSA) is 83.6 Å². The third-order valence-electron chi connectivity index (χ3n) is 5.32. The maximum absolute atomic E-state index is 13.5. The molecule has 6 nitrogen and oxygen atoms in total. The van der Waals surface area contributed by atoms with Gasteiger partial charge in [0.05, 0.1) is 10.6 Å². The van der Waals surface area contributed by atoms with Gasteiger partial charge in [-0.25, -0.2) is 8.42 Å². The molecule has 0 heterocycles. The zero-order chi connectivity index (χ0) is 23.3. The number of sulfonamides is 1. The summed E-state index contributed by atoms with van der Waals surface area (Å²) < 4.78 is 28.2. The number of rotatable bonds is 8. The summed E-state index contributed by atoms with van der Waals surface area (Å²) in [5.74, 6) is -0.446. The molecular formula is C25H26N2O4S. The lowest BCUT2D eigenvalue weighted by atomic mass is 10.1. The Morgan fingerprint density at radius 3 is 2.34 bits per heavy atom. The molecule has 0 atom stereocenters. The minimum atomic E-state index is -3.97. The van der Waals surface area contributed by atoms with Gasteiger partial charge in [0.25, 0.3) is 10.0 Å². The van der Waals surface area contributed by atoms with Crippen LogP contribution in [0.25, 0.3) is 0 Å². The van der Waals surface area contributed by atoms with Gasteiger partial charge in [-0.2, -0.15) is 0 Å². The predicted molar refractivity (Wildman–Crippen MR) is 125 cm³/mol. The van der Waals surface area contributed by atoms with E-state index in [4.69, 9.17) is 0 Å². The van der Waals surface area contributed by atoms with Crippen molar-refractivity contribution in [2.45, 2.75) is 32.2 Å². The van der Waals surface area contributed by atoms with Crippen molar-refractivity contribution >= 4 is 27.9 Å². The van der Waals surface area contributed by atoms with Crippen LogP contribution in [0.2, 0.25) is 0 Å². The normalized spacial score (nSPS) is 11.1. The van der Waals surface area contributed by atoms with E-state index in [1.165, 1.54) is 0 Å². The number of nitrogens with zero attached hydrogens (tertiary/aromatic N) is 1. The molecule has 0 saturated heterocycles. The lowest BCUT2D eigenvalue weighted by Gasteiger charge is -2.26. The molecule has 0 fully saturated rings. The highest BCUT2D eigenvalue weighted by atomic mass is 32.2. The van der Waals surface area contributed by atoms with E-state index in [9.17, 15) is 18.0 Å². The van der Waals surface area contributed by atoms with Crippen LogP contribution in [0.1, 0.15) is 32.6 Å². The van der Waals surface area contributed by atoms with Gasteiger partial charge < -0.3 is 5.32 Å². The summed E-state index contributed by atoms with van der Waals surface area (Å²) in [6.07, 6.45) is 0.738. The van der Waals surface area contributed by atoms with E-state index < -0.39 is 15.9 Å². The standard InChI is InChI=1S/C25H26N2O4S/c1-18-10-12-23(13-11-18)32(30,31)27(24-9-4-6-19(2)20(24)3)16-25(29)26-15-21-7-5-8-22(14-21)17-28/h4-14,17H,15-16H2,1-3H3,(H,26,29). The number of amides is 1. The van der Waals surface area contributed by atoms with Gasteiger partial charge in [-0.1, -0.05) is 48.0 Å². The van der Waals surface area contributed by atoms with E-state index in [-0.39, 0.29) is 18.0 Å². The van der Waals surface area contributed by atoms with Crippen LogP contribution in [0.3, 0.4) is 0 Å². The van der Waals surface area contributed by atoms with Crippen molar-refractivity contribution in [3.05, 3.63) is 94.5 Å². The molecule has 7 heteroatoms. The summed E-state index contributed by atoms with van der Waals surface area (Å²) in [5.41, 5.74) is 4.38. The molecule has 3 rings (SSSR count). The lowest BCUT2D eigenvalue weighted by Crippen LogP contribution is -2.41. The van der Waals surface area contributed by atoms with Gasteiger partial charge in [-0.3, -0.25) is 13.9 Å². The van der Waals surface area contributed by atoms with Gasteiger partial charge in [0.15, 0.2) is 0 Å². The van der Waals surface area contributed by atoms with Gasteiger partial charge >= 0.3 is 0 Å². The number of aldehydes is 1. The van der Waals surface area contributed by atoms with Crippen molar-refractivity contribution in [2.75, 3.05) is 10.8 Å². The third-order valence-corrected chi connectivity index (χ3v) is 7.09. The van der Waals surface area contributed by atoms with E-state index >= 15 is 0 Å². The van der Waals surface area contributed by atoms with Crippen LogP contribution in [0.4, 0.5) is 5.69 Å². The van der Waals surface area contributed by atoms with Gasteiger partial charge in [0.2, 0.25) is 5.91 Å². The molecule has 0 aliphatic heterocycles. The molecular weight excluding hydrogens is 424 g/mol. The smallest absolute Gasteiger partial charge is 0.264 e. The maximum Gasteiger partial charge on any atom is 0.264 e. The van der Waals surface area contributed by atoms with E-state index in [0.29, 0.717) is 11.3 Å². The number of aryl methyl sites for hydroxylation is 2. The SMILES string of the molecule is Cc1ccc(S(=O)(=O)N(CC(=O)NCc2cccc(C=O)c2)c2cccc(C)c2C)cc1. The quantitative estimate of drug-likeness (QED) is 0.527. The van der Waals surface area contributed by atoms with Crippen molar-refractivity contribution < 1.29 is 18.0 Å². The Balaban J connectivity index is 1.90. The van der Waals surface area contributed by atoms with E-state index in [0.717, 1.165) is 32.8 Å². The Morgan fingerprint density at radius 2 is 1.66 bits per heavy atom. The largest absolute Gasteiger partial charge is 0.350 e. The maximum atomic E-state index is 13.5. The highest BCUT2D eigenvalue weighted by Crippen LogP contribution is 2.28. The highest BCUT2D eigenvalue weighted by molar-refractivity contribution is 7.92. The molecule has 166 valence electrons. The molecule has 3 aromatic carbocycles. The fourth-order valence-electron chi connectivity index (χ4n) is 3.31. The molecule has 3 aromatic rings. The number of hydrogen-bond donors (Lipinski definition) is 1. The summed E-state index contributed by atoms with van der Waals surface area (Å²) in [4.78, 5) is 23.9. The number of benzene rings is 3. The monoisotopic (exact) mass is 450 g/mol. The number of carbonyl (C=O) groups excluding carboxylic acids is 2. The molecule has 32 heavy (non-hydrogen) atoms. The number of anilines is 1. The minimum Gasteiger partial charge on any atom is -0.350 e. The summed E-state index contributed by atoms with van der Waals surface area (Å²) in [6.45, 7) is 5.44. The van der Waals surface area contributed by atoms with Crippen LogP contribution in [-0.4, -0.2) is 27.2 Å². The van der Waals surface area contributed by atoms with Crippen LogP contribution in [0.5, 0.6) is 0 Å². The Labute approximate surface area is 188 Å². The molecule has 0 bridgehead atoms. The second-order valence-corrected chi connectivity index (χ2v) is 9.55. The Hall–Kier alpha value is -3.45. The van der Waals surface area contributed by atoms with Crippen LogP contribution in [-0.2, 0) is 21.4 Å². The number of hydrogen-bond acceptors (Lipinski definition) is 4. The molecule has 0 aromatic heterocycles. The second-order valence-electron chi connectivity index (χ2n) is 7.68. The predicted octanol–water partition coefficient (Wildman–Crippen LogP) is 3.94. The summed E-state index contributed by atoms with van der Waals surface area (Å²) in [7, 11) is -3.97. The van der Waals surface area contributed by atoms with Crippen molar-refractivity contribution in [1.82, 2.24) is 5.32 Å². The average molecular weight is 451 g/mol. The average Bonchev–Trinajstić information content (AvgIpc) is 2.78. The first-order valence-electron chi connectivity index (χ1n) is 10.2. The van der Waals surface area contributed by atoms with Crippen molar-refractivity contribution in [1.29, 1.82) is 0 Å². The fourth-order valence-corrected chi connectivity index (χ4v) is 4.78.